The Hall–Kier alpha value is 0.240. The van der Waals surface area contributed by atoms with Gasteiger partial charge in [-0.2, -0.15) is 0 Å². The van der Waals surface area contributed by atoms with Crippen molar-refractivity contribution < 1.29 is 0 Å². The smallest absolute Gasteiger partial charge is 0.0157 e. The van der Waals surface area contributed by atoms with Gasteiger partial charge in [0, 0.05) is 13.1 Å². The Balaban J connectivity index is -0.000000405. The summed E-state index contributed by atoms with van der Waals surface area (Å²) in [5.74, 6) is 0. The maximum atomic E-state index is 2.18. The van der Waals surface area contributed by atoms with Crippen LogP contribution in [0.2, 0.25) is 0 Å². The van der Waals surface area contributed by atoms with Gasteiger partial charge in [-0.3, -0.25) is 0 Å². The van der Waals surface area contributed by atoms with Crippen LogP contribution >= 0.6 is 24.8 Å². The Morgan fingerprint density at radius 2 is 1.00 bits per heavy atom. The molecule has 0 aliphatic carbocycles. The van der Waals surface area contributed by atoms with E-state index in [0.717, 1.165) is 13.1 Å². The molecule has 0 heterocycles. The van der Waals surface area contributed by atoms with Gasteiger partial charge in [-0.1, -0.05) is 12.2 Å². The van der Waals surface area contributed by atoms with E-state index in [9.17, 15) is 0 Å². The van der Waals surface area contributed by atoms with E-state index in [2.05, 4.69) is 50.1 Å². The van der Waals surface area contributed by atoms with Crippen molar-refractivity contribution in [2.75, 3.05) is 41.3 Å². The molecule has 4 heteroatoms. The molecule has 0 saturated heterocycles. The Bertz CT molecular complexity index is 91.2. The summed E-state index contributed by atoms with van der Waals surface area (Å²) >= 11 is 0. The van der Waals surface area contributed by atoms with Crippen LogP contribution in [0.15, 0.2) is 12.2 Å². The zero-order chi connectivity index (χ0) is 7.98. The van der Waals surface area contributed by atoms with Crippen molar-refractivity contribution in [2.45, 2.75) is 0 Å². The van der Waals surface area contributed by atoms with E-state index < -0.39 is 0 Å². The van der Waals surface area contributed by atoms with Crippen LogP contribution in [0, 0.1) is 0 Å². The summed E-state index contributed by atoms with van der Waals surface area (Å²) in [6, 6.07) is 0. The first-order chi connectivity index (χ1) is 4.63. The summed E-state index contributed by atoms with van der Waals surface area (Å²) < 4.78 is 0. The molecule has 0 fully saturated rings. The molecular weight excluding hydrogens is 195 g/mol. The van der Waals surface area contributed by atoms with Crippen LogP contribution in [0.3, 0.4) is 0 Å². The molecule has 0 amide bonds. The molecule has 0 atom stereocenters. The van der Waals surface area contributed by atoms with E-state index in [1.54, 1.807) is 0 Å². The van der Waals surface area contributed by atoms with Crippen LogP contribution in [-0.2, 0) is 0 Å². The SMILES string of the molecule is CN(C)CC=CCN(C)C.Cl.Cl. The zero-order valence-corrected chi connectivity index (χ0v) is 9.91. The van der Waals surface area contributed by atoms with Crippen molar-refractivity contribution in [1.29, 1.82) is 0 Å². The first-order valence-corrected chi connectivity index (χ1v) is 3.57. The van der Waals surface area contributed by atoms with Gasteiger partial charge in [0.15, 0.2) is 0 Å². The van der Waals surface area contributed by atoms with Crippen LogP contribution in [-0.4, -0.2) is 51.1 Å². The molecule has 0 spiro atoms. The molecule has 0 bridgehead atoms. The molecule has 76 valence electrons. The van der Waals surface area contributed by atoms with E-state index in [0.29, 0.717) is 0 Å². The lowest BCUT2D eigenvalue weighted by atomic mass is 10.4. The molecule has 0 aliphatic rings. The molecule has 0 radical (unpaired) electrons. The number of hydrogen-bond donors (Lipinski definition) is 0. The van der Waals surface area contributed by atoms with Crippen LogP contribution in [0.1, 0.15) is 0 Å². The summed E-state index contributed by atoms with van der Waals surface area (Å²) in [5, 5.41) is 0. The minimum atomic E-state index is 0. The van der Waals surface area contributed by atoms with Crippen molar-refractivity contribution in [1.82, 2.24) is 9.80 Å². The van der Waals surface area contributed by atoms with Gasteiger partial charge >= 0.3 is 0 Å². The lowest BCUT2D eigenvalue weighted by Crippen LogP contribution is -2.13. The second-order valence-corrected chi connectivity index (χ2v) is 3.00. The highest BCUT2D eigenvalue weighted by molar-refractivity contribution is 5.85. The first kappa shape index (κ1) is 18.1. The summed E-state index contributed by atoms with van der Waals surface area (Å²) in [6.07, 6.45) is 4.36. The van der Waals surface area contributed by atoms with Crippen LogP contribution < -0.4 is 0 Å². The van der Waals surface area contributed by atoms with Crippen LogP contribution in [0.4, 0.5) is 0 Å². The highest BCUT2D eigenvalue weighted by Gasteiger charge is 1.83. The number of hydrogen-bond acceptors (Lipinski definition) is 2. The molecule has 0 rings (SSSR count). The predicted octanol–water partition coefficient (Wildman–Crippen LogP) is 1.51. The molecule has 0 aromatic carbocycles. The second kappa shape index (κ2) is 11.2. The summed E-state index contributed by atoms with van der Waals surface area (Å²) in [5.41, 5.74) is 0. The molecular formula is C8H20Cl2N2. The molecule has 0 aromatic heterocycles. The largest absolute Gasteiger partial charge is 0.306 e. The summed E-state index contributed by atoms with van der Waals surface area (Å²) in [6.45, 7) is 2.07. The van der Waals surface area contributed by atoms with Gasteiger partial charge in [-0.15, -0.1) is 24.8 Å². The lowest BCUT2D eigenvalue weighted by molar-refractivity contribution is 0.444. The van der Waals surface area contributed by atoms with E-state index >= 15 is 0 Å². The quantitative estimate of drug-likeness (QED) is 0.656. The molecule has 0 saturated carbocycles. The minimum Gasteiger partial charge on any atom is -0.306 e. The second-order valence-electron chi connectivity index (χ2n) is 3.00. The predicted molar refractivity (Wildman–Crippen MR) is 60.7 cm³/mol. The average Bonchev–Trinajstić information content (AvgIpc) is 1.79. The van der Waals surface area contributed by atoms with Crippen molar-refractivity contribution >= 4 is 24.8 Å². The van der Waals surface area contributed by atoms with Gasteiger partial charge in [0.1, 0.15) is 0 Å². The van der Waals surface area contributed by atoms with E-state index in [1.807, 2.05) is 0 Å². The molecule has 0 aliphatic heterocycles. The number of nitrogens with zero attached hydrogens (tertiary/aromatic N) is 2. The molecule has 0 aromatic rings. The Kier molecular flexibility index (Phi) is 17.0. The topological polar surface area (TPSA) is 6.48 Å². The van der Waals surface area contributed by atoms with Gasteiger partial charge in [-0.05, 0) is 28.2 Å². The van der Waals surface area contributed by atoms with Crippen LogP contribution in [0.5, 0.6) is 0 Å². The van der Waals surface area contributed by atoms with Crippen molar-refractivity contribution in [3.8, 4) is 0 Å². The van der Waals surface area contributed by atoms with Crippen molar-refractivity contribution in [3.63, 3.8) is 0 Å². The van der Waals surface area contributed by atoms with Gasteiger partial charge in [0.2, 0.25) is 0 Å². The fourth-order valence-electron chi connectivity index (χ4n) is 0.571. The molecule has 12 heavy (non-hydrogen) atoms. The maximum absolute atomic E-state index is 2.18. The third kappa shape index (κ3) is 16.7. The number of rotatable bonds is 4. The van der Waals surface area contributed by atoms with Crippen LogP contribution in [0.25, 0.3) is 0 Å². The van der Waals surface area contributed by atoms with Gasteiger partial charge in [0.25, 0.3) is 0 Å². The van der Waals surface area contributed by atoms with E-state index in [1.165, 1.54) is 0 Å². The van der Waals surface area contributed by atoms with Crippen molar-refractivity contribution in [3.05, 3.63) is 12.2 Å². The summed E-state index contributed by atoms with van der Waals surface area (Å²) in [4.78, 5) is 4.29. The lowest BCUT2D eigenvalue weighted by Gasteiger charge is -2.06. The Morgan fingerprint density at radius 1 is 0.750 bits per heavy atom. The normalized spacial score (nSPS) is 10.2. The van der Waals surface area contributed by atoms with E-state index in [4.69, 9.17) is 0 Å². The van der Waals surface area contributed by atoms with Gasteiger partial charge in [0.05, 0.1) is 0 Å². The molecule has 2 nitrogen and oxygen atoms in total. The average molecular weight is 215 g/mol. The minimum absolute atomic E-state index is 0. The zero-order valence-electron chi connectivity index (χ0n) is 8.28. The monoisotopic (exact) mass is 214 g/mol. The number of halogens is 2. The van der Waals surface area contributed by atoms with Crippen molar-refractivity contribution in [2.24, 2.45) is 0 Å². The third-order valence-electron chi connectivity index (χ3n) is 1.11. The fourth-order valence-corrected chi connectivity index (χ4v) is 0.571. The third-order valence-corrected chi connectivity index (χ3v) is 1.11. The Morgan fingerprint density at radius 3 is 1.17 bits per heavy atom. The highest BCUT2D eigenvalue weighted by Crippen LogP contribution is 1.79. The number of likely N-dealkylation sites (N-methyl/N-ethyl adjacent to an activating group) is 2. The highest BCUT2D eigenvalue weighted by atomic mass is 35.5. The summed E-state index contributed by atoms with van der Waals surface area (Å²) in [7, 11) is 8.28. The fraction of sp³-hybridized carbons (Fsp3) is 0.750. The maximum Gasteiger partial charge on any atom is 0.0157 e. The standard InChI is InChI=1S/C8H18N2.2ClH/c1-9(2)7-5-6-8-10(3)4;;/h5-6H,7-8H2,1-4H3;2*1H. The van der Waals surface area contributed by atoms with Gasteiger partial charge in [-0.25, -0.2) is 0 Å². The molecule has 0 N–H and O–H groups in total. The van der Waals surface area contributed by atoms with Gasteiger partial charge < -0.3 is 9.80 Å². The van der Waals surface area contributed by atoms with E-state index in [-0.39, 0.29) is 24.8 Å². The molecule has 0 unspecified atom stereocenters. The first-order valence-electron chi connectivity index (χ1n) is 3.57. The Labute approximate surface area is 88.4 Å².